The number of piperidine rings is 1. The number of carbonyl (C=O) groups is 1. The fourth-order valence-electron chi connectivity index (χ4n) is 2.57. The molecule has 0 N–H and O–H groups in total. The molecule has 1 atom stereocenters. The summed E-state index contributed by atoms with van der Waals surface area (Å²) in [6.45, 7) is 3.69. The molecule has 1 saturated heterocycles. The molecule has 0 bridgehead atoms. The number of nitrogens with zero attached hydrogens (tertiary/aromatic N) is 1. The minimum Gasteiger partial charge on any atom is -0.465 e. The summed E-state index contributed by atoms with van der Waals surface area (Å²) in [5.74, 6) is -0.143. The van der Waals surface area contributed by atoms with Crippen molar-refractivity contribution in [3.63, 3.8) is 0 Å². The van der Waals surface area contributed by atoms with Gasteiger partial charge in [0.25, 0.3) is 0 Å². The highest BCUT2D eigenvalue weighted by Gasteiger charge is 2.30. The molecule has 1 aromatic rings. The molecule has 1 heterocycles. The fraction of sp³-hybridized carbons (Fsp3) is 0.533. The van der Waals surface area contributed by atoms with Gasteiger partial charge in [0.05, 0.1) is 6.61 Å². The Bertz CT molecular complexity index is 459. The number of ether oxygens (including phenoxy) is 1. The number of esters is 1. The molecule has 1 aliphatic heterocycles. The van der Waals surface area contributed by atoms with E-state index >= 15 is 0 Å². The van der Waals surface area contributed by atoms with Gasteiger partial charge in [-0.05, 0) is 38.4 Å². The van der Waals surface area contributed by atoms with E-state index in [1.165, 1.54) is 0 Å². The van der Waals surface area contributed by atoms with Crippen molar-refractivity contribution >= 4 is 29.2 Å². The summed E-state index contributed by atoms with van der Waals surface area (Å²) in [6, 6.07) is 5.29. The Hall–Kier alpha value is -0.770. The summed E-state index contributed by atoms with van der Waals surface area (Å²) in [4.78, 5) is 14.2. The summed E-state index contributed by atoms with van der Waals surface area (Å²) in [5.41, 5.74) is 0.882. The smallest absolute Gasteiger partial charge is 0.323 e. The molecule has 0 aromatic heterocycles. The lowest BCUT2D eigenvalue weighted by Gasteiger charge is -2.34. The third-order valence-electron chi connectivity index (χ3n) is 3.60. The maximum absolute atomic E-state index is 12.0. The molecular formula is C15H19Cl2NO2. The van der Waals surface area contributed by atoms with E-state index in [0.29, 0.717) is 23.2 Å². The summed E-state index contributed by atoms with van der Waals surface area (Å²) in [5, 5.41) is 1.29. The minimum atomic E-state index is -0.184. The molecule has 1 aliphatic rings. The van der Waals surface area contributed by atoms with Crippen LogP contribution in [0.25, 0.3) is 0 Å². The van der Waals surface area contributed by atoms with Crippen molar-refractivity contribution in [1.29, 1.82) is 0 Å². The second-order valence-corrected chi connectivity index (χ2v) is 5.75. The zero-order valence-electron chi connectivity index (χ0n) is 11.6. The van der Waals surface area contributed by atoms with Gasteiger partial charge in [0.2, 0.25) is 0 Å². The highest BCUT2D eigenvalue weighted by molar-refractivity contribution is 6.35. The lowest BCUT2D eigenvalue weighted by Crippen LogP contribution is -2.45. The minimum absolute atomic E-state index is 0.143. The van der Waals surface area contributed by atoms with Crippen LogP contribution in [0.15, 0.2) is 18.2 Å². The Morgan fingerprint density at radius 3 is 2.70 bits per heavy atom. The molecule has 0 saturated carbocycles. The van der Waals surface area contributed by atoms with Gasteiger partial charge < -0.3 is 4.74 Å². The SMILES string of the molecule is CCOC(=O)[C@@H]1CCCCN1Cc1c(Cl)cccc1Cl. The van der Waals surface area contributed by atoms with E-state index < -0.39 is 0 Å². The van der Waals surface area contributed by atoms with Crippen molar-refractivity contribution in [1.82, 2.24) is 4.90 Å². The fourth-order valence-corrected chi connectivity index (χ4v) is 3.09. The average molecular weight is 316 g/mol. The van der Waals surface area contributed by atoms with Gasteiger partial charge in [-0.15, -0.1) is 0 Å². The third kappa shape index (κ3) is 3.66. The zero-order chi connectivity index (χ0) is 14.5. The molecule has 0 amide bonds. The van der Waals surface area contributed by atoms with E-state index in [9.17, 15) is 4.79 Å². The van der Waals surface area contributed by atoms with Crippen molar-refractivity contribution in [2.45, 2.75) is 38.8 Å². The van der Waals surface area contributed by atoms with E-state index in [2.05, 4.69) is 4.90 Å². The molecule has 0 radical (unpaired) electrons. The molecule has 0 aliphatic carbocycles. The number of likely N-dealkylation sites (tertiary alicyclic amines) is 1. The highest BCUT2D eigenvalue weighted by atomic mass is 35.5. The predicted octanol–water partition coefficient (Wildman–Crippen LogP) is 3.91. The molecule has 3 nitrogen and oxygen atoms in total. The summed E-state index contributed by atoms with van der Waals surface area (Å²) in [7, 11) is 0. The molecule has 1 aromatic carbocycles. The van der Waals surface area contributed by atoms with Crippen molar-refractivity contribution in [3.05, 3.63) is 33.8 Å². The monoisotopic (exact) mass is 315 g/mol. The van der Waals surface area contributed by atoms with Crippen LogP contribution in [0.2, 0.25) is 10.0 Å². The molecule has 1 fully saturated rings. The van der Waals surface area contributed by atoms with Gasteiger partial charge >= 0.3 is 5.97 Å². The van der Waals surface area contributed by atoms with Gasteiger partial charge in [0, 0.05) is 22.2 Å². The van der Waals surface area contributed by atoms with Crippen LogP contribution in [0.5, 0.6) is 0 Å². The quantitative estimate of drug-likeness (QED) is 0.789. The largest absolute Gasteiger partial charge is 0.465 e. The second-order valence-electron chi connectivity index (χ2n) is 4.93. The predicted molar refractivity (Wildman–Crippen MR) is 81.1 cm³/mol. The number of halogens is 2. The van der Waals surface area contributed by atoms with Crippen LogP contribution in [0.1, 0.15) is 31.7 Å². The van der Waals surface area contributed by atoms with Crippen LogP contribution in [0.4, 0.5) is 0 Å². The van der Waals surface area contributed by atoms with Crippen LogP contribution in [0.3, 0.4) is 0 Å². The van der Waals surface area contributed by atoms with Gasteiger partial charge in [-0.25, -0.2) is 0 Å². The lowest BCUT2D eigenvalue weighted by molar-refractivity contribution is -0.151. The first kappa shape index (κ1) is 15.6. The van der Waals surface area contributed by atoms with Crippen LogP contribution >= 0.6 is 23.2 Å². The van der Waals surface area contributed by atoms with Crippen molar-refractivity contribution < 1.29 is 9.53 Å². The number of rotatable bonds is 4. The number of hydrogen-bond donors (Lipinski definition) is 0. The Morgan fingerprint density at radius 1 is 1.35 bits per heavy atom. The van der Waals surface area contributed by atoms with Crippen LogP contribution in [-0.4, -0.2) is 30.1 Å². The maximum Gasteiger partial charge on any atom is 0.323 e. The van der Waals surface area contributed by atoms with Crippen molar-refractivity contribution in [3.8, 4) is 0 Å². The number of benzene rings is 1. The van der Waals surface area contributed by atoms with Gasteiger partial charge in [-0.2, -0.15) is 0 Å². The van der Waals surface area contributed by atoms with Crippen LogP contribution in [-0.2, 0) is 16.1 Å². The number of carbonyl (C=O) groups excluding carboxylic acids is 1. The zero-order valence-corrected chi connectivity index (χ0v) is 13.1. The molecule has 2 rings (SSSR count). The summed E-state index contributed by atoms with van der Waals surface area (Å²) < 4.78 is 5.16. The molecule has 20 heavy (non-hydrogen) atoms. The van der Waals surface area contributed by atoms with E-state index in [1.807, 2.05) is 25.1 Å². The first-order valence-corrected chi connectivity index (χ1v) is 7.72. The Kier molecular flexibility index (Phi) is 5.70. The Balaban J connectivity index is 2.14. The normalized spacial score (nSPS) is 19.9. The summed E-state index contributed by atoms with van der Waals surface area (Å²) >= 11 is 12.4. The first-order valence-electron chi connectivity index (χ1n) is 6.97. The summed E-state index contributed by atoms with van der Waals surface area (Å²) in [6.07, 6.45) is 2.97. The van der Waals surface area contributed by atoms with E-state index in [-0.39, 0.29) is 12.0 Å². The van der Waals surface area contributed by atoms with E-state index in [0.717, 1.165) is 31.4 Å². The lowest BCUT2D eigenvalue weighted by atomic mass is 10.0. The van der Waals surface area contributed by atoms with Crippen molar-refractivity contribution in [2.24, 2.45) is 0 Å². The van der Waals surface area contributed by atoms with E-state index in [4.69, 9.17) is 27.9 Å². The van der Waals surface area contributed by atoms with Gasteiger partial charge in [-0.3, -0.25) is 9.69 Å². The third-order valence-corrected chi connectivity index (χ3v) is 4.30. The maximum atomic E-state index is 12.0. The van der Waals surface area contributed by atoms with Crippen LogP contribution < -0.4 is 0 Å². The topological polar surface area (TPSA) is 29.5 Å². The van der Waals surface area contributed by atoms with Gasteiger partial charge in [0.1, 0.15) is 6.04 Å². The molecule has 5 heteroatoms. The van der Waals surface area contributed by atoms with Crippen molar-refractivity contribution in [2.75, 3.05) is 13.2 Å². The molecular weight excluding hydrogens is 297 g/mol. The standard InChI is InChI=1S/C15H19Cl2NO2/c1-2-20-15(19)14-8-3-4-9-18(14)10-11-12(16)6-5-7-13(11)17/h5-7,14H,2-4,8-10H2,1H3/t14-/m0/s1. The van der Waals surface area contributed by atoms with E-state index in [1.54, 1.807) is 0 Å². The van der Waals surface area contributed by atoms with Crippen LogP contribution in [0, 0.1) is 0 Å². The second kappa shape index (κ2) is 7.30. The first-order chi connectivity index (χ1) is 9.63. The van der Waals surface area contributed by atoms with Gasteiger partial charge in [-0.1, -0.05) is 35.7 Å². The molecule has 0 spiro atoms. The Labute approximate surface area is 129 Å². The Morgan fingerprint density at radius 2 is 2.05 bits per heavy atom. The molecule has 0 unspecified atom stereocenters. The average Bonchev–Trinajstić information content (AvgIpc) is 2.44. The van der Waals surface area contributed by atoms with Gasteiger partial charge in [0.15, 0.2) is 0 Å². The highest BCUT2D eigenvalue weighted by Crippen LogP contribution is 2.28. The number of hydrogen-bond acceptors (Lipinski definition) is 3. The molecule has 110 valence electrons.